The van der Waals surface area contributed by atoms with Crippen LogP contribution in [0.2, 0.25) is 0 Å². The smallest absolute Gasteiger partial charge is 0.0540 e. The van der Waals surface area contributed by atoms with Gasteiger partial charge < -0.3 is 5.11 Å². The normalized spacial score (nSPS) is 9.08. The van der Waals surface area contributed by atoms with Crippen molar-refractivity contribution in [2.24, 2.45) is 0 Å². The summed E-state index contributed by atoms with van der Waals surface area (Å²) in [7, 11) is 0. The van der Waals surface area contributed by atoms with Gasteiger partial charge >= 0.3 is 0 Å². The largest absolute Gasteiger partial charge is 0.395 e. The van der Waals surface area contributed by atoms with E-state index in [1.807, 2.05) is 24.3 Å². The van der Waals surface area contributed by atoms with Gasteiger partial charge in [0.25, 0.3) is 0 Å². The minimum Gasteiger partial charge on any atom is -0.395 e. The van der Waals surface area contributed by atoms with Crippen molar-refractivity contribution in [3.8, 4) is 11.8 Å². The van der Waals surface area contributed by atoms with Gasteiger partial charge in [0.1, 0.15) is 0 Å². The number of rotatable bonds is 2. The Morgan fingerprint density at radius 1 is 1.38 bits per heavy atom. The maximum atomic E-state index is 8.52. The van der Waals surface area contributed by atoms with Crippen molar-refractivity contribution >= 4 is 11.6 Å². The van der Waals surface area contributed by atoms with Crippen LogP contribution in [0.1, 0.15) is 17.5 Å². The molecule has 0 aliphatic carbocycles. The van der Waals surface area contributed by atoms with Crippen molar-refractivity contribution in [2.75, 3.05) is 6.61 Å². The second-order valence-electron chi connectivity index (χ2n) is 2.61. The Balaban J connectivity index is 2.73. The first-order valence-corrected chi connectivity index (χ1v) is 4.65. The number of halogens is 1. The Kier molecular flexibility index (Phi) is 4.39. The molecule has 0 saturated heterocycles. The minimum absolute atomic E-state index is 0.113. The van der Waals surface area contributed by atoms with Crippen LogP contribution < -0.4 is 0 Å². The number of benzene rings is 1. The van der Waals surface area contributed by atoms with Gasteiger partial charge in [0.2, 0.25) is 0 Å². The highest BCUT2D eigenvalue weighted by Crippen LogP contribution is 2.06. The van der Waals surface area contributed by atoms with Crippen LogP contribution in [0.4, 0.5) is 0 Å². The van der Waals surface area contributed by atoms with E-state index in [4.69, 9.17) is 16.7 Å². The van der Waals surface area contributed by atoms with Crippen molar-refractivity contribution in [3.05, 3.63) is 35.4 Å². The predicted octanol–water partition coefficient (Wildman–Crippen LogP) is 2.16. The van der Waals surface area contributed by atoms with E-state index in [9.17, 15) is 0 Å². The molecule has 0 heterocycles. The number of hydrogen-bond donors (Lipinski definition) is 1. The molecule has 1 nitrogen and oxygen atoms in total. The van der Waals surface area contributed by atoms with E-state index in [0.717, 1.165) is 11.1 Å². The van der Waals surface area contributed by atoms with E-state index in [1.54, 1.807) is 0 Å². The molecule has 0 bridgehead atoms. The molecule has 0 aliphatic heterocycles. The highest BCUT2D eigenvalue weighted by atomic mass is 35.5. The molecular formula is C11H11ClO. The third-order valence-corrected chi connectivity index (χ3v) is 1.86. The average Bonchev–Trinajstić information content (AvgIpc) is 2.19. The van der Waals surface area contributed by atoms with Crippen molar-refractivity contribution in [1.82, 2.24) is 0 Å². The highest BCUT2D eigenvalue weighted by molar-refractivity contribution is 6.17. The maximum Gasteiger partial charge on any atom is 0.0540 e. The quantitative estimate of drug-likeness (QED) is 0.565. The van der Waals surface area contributed by atoms with Gasteiger partial charge in [-0.3, -0.25) is 0 Å². The van der Waals surface area contributed by atoms with Crippen LogP contribution in [0.25, 0.3) is 0 Å². The summed E-state index contributed by atoms with van der Waals surface area (Å²) in [5.41, 5.74) is 2.02. The van der Waals surface area contributed by atoms with E-state index < -0.39 is 0 Å². The van der Waals surface area contributed by atoms with Crippen LogP contribution in [-0.4, -0.2) is 11.7 Å². The van der Waals surface area contributed by atoms with Crippen molar-refractivity contribution in [1.29, 1.82) is 0 Å². The molecule has 1 N–H and O–H groups in total. The predicted molar refractivity (Wildman–Crippen MR) is 54.6 cm³/mol. The SMILES string of the molecule is OCCC#Cc1cccc(CCl)c1. The summed E-state index contributed by atoms with van der Waals surface area (Å²) in [6.07, 6.45) is 0.519. The zero-order chi connectivity index (χ0) is 9.52. The van der Waals surface area contributed by atoms with Gasteiger partial charge in [0, 0.05) is 17.9 Å². The third kappa shape index (κ3) is 3.50. The lowest BCUT2D eigenvalue weighted by molar-refractivity contribution is 0.305. The van der Waals surface area contributed by atoms with E-state index >= 15 is 0 Å². The molecule has 2 heteroatoms. The zero-order valence-electron chi connectivity index (χ0n) is 7.26. The van der Waals surface area contributed by atoms with Crippen LogP contribution in [0.5, 0.6) is 0 Å². The molecule has 1 aromatic carbocycles. The van der Waals surface area contributed by atoms with Gasteiger partial charge in [-0.15, -0.1) is 11.6 Å². The summed E-state index contributed by atoms with van der Waals surface area (Å²) in [4.78, 5) is 0. The number of alkyl halides is 1. The second-order valence-corrected chi connectivity index (χ2v) is 2.88. The van der Waals surface area contributed by atoms with Gasteiger partial charge in [0.05, 0.1) is 6.61 Å². The Hall–Kier alpha value is -0.970. The Morgan fingerprint density at radius 3 is 2.92 bits per heavy atom. The Morgan fingerprint density at radius 2 is 2.23 bits per heavy atom. The van der Waals surface area contributed by atoms with Gasteiger partial charge in [-0.05, 0) is 17.7 Å². The van der Waals surface area contributed by atoms with Crippen LogP contribution in [0, 0.1) is 11.8 Å². The molecule has 0 aromatic heterocycles. The van der Waals surface area contributed by atoms with Gasteiger partial charge in [-0.1, -0.05) is 24.0 Å². The average molecular weight is 195 g/mol. The highest BCUT2D eigenvalue weighted by Gasteiger charge is 1.90. The second kappa shape index (κ2) is 5.64. The topological polar surface area (TPSA) is 20.2 Å². The van der Waals surface area contributed by atoms with E-state index in [2.05, 4.69) is 11.8 Å². The van der Waals surface area contributed by atoms with Crippen LogP contribution in [-0.2, 0) is 5.88 Å². The fourth-order valence-electron chi connectivity index (χ4n) is 0.953. The Bertz CT molecular complexity index is 322. The van der Waals surface area contributed by atoms with Gasteiger partial charge in [-0.25, -0.2) is 0 Å². The maximum absolute atomic E-state index is 8.52. The minimum atomic E-state index is 0.113. The lowest BCUT2D eigenvalue weighted by Gasteiger charge is -1.94. The monoisotopic (exact) mass is 194 g/mol. The molecule has 13 heavy (non-hydrogen) atoms. The van der Waals surface area contributed by atoms with Crippen LogP contribution >= 0.6 is 11.6 Å². The lowest BCUT2D eigenvalue weighted by atomic mass is 10.1. The summed E-state index contributed by atoms with van der Waals surface area (Å²) < 4.78 is 0. The van der Waals surface area contributed by atoms with E-state index in [1.165, 1.54) is 0 Å². The zero-order valence-corrected chi connectivity index (χ0v) is 8.01. The molecule has 0 fully saturated rings. The van der Waals surface area contributed by atoms with Crippen molar-refractivity contribution in [3.63, 3.8) is 0 Å². The molecule has 0 radical (unpaired) electrons. The molecule has 0 saturated carbocycles. The van der Waals surface area contributed by atoms with Gasteiger partial charge in [0.15, 0.2) is 0 Å². The molecule has 0 unspecified atom stereocenters. The molecule has 0 amide bonds. The molecular weight excluding hydrogens is 184 g/mol. The number of aliphatic hydroxyl groups excluding tert-OH is 1. The summed E-state index contributed by atoms with van der Waals surface area (Å²) in [6, 6.07) is 7.78. The van der Waals surface area contributed by atoms with Crippen molar-refractivity contribution in [2.45, 2.75) is 12.3 Å². The number of hydrogen-bond acceptors (Lipinski definition) is 1. The lowest BCUT2D eigenvalue weighted by Crippen LogP contribution is -1.81. The van der Waals surface area contributed by atoms with Crippen LogP contribution in [0.3, 0.4) is 0 Å². The number of aliphatic hydroxyl groups is 1. The standard InChI is InChI=1S/C11H11ClO/c12-9-11-6-3-5-10(8-11)4-1-2-7-13/h3,5-6,8,13H,2,7,9H2. The van der Waals surface area contributed by atoms with E-state index in [-0.39, 0.29) is 6.61 Å². The van der Waals surface area contributed by atoms with E-state index in [0.29, 0.717) is 12.3 Å². The van der Waals surface area contributed by atoms with Gasteiger partial charge in [-0.2, -0.15) is 0 Å². The third-order valence-electron chi connectivity index (χ3n) is 1.55. The molecule has 0 atom stereocenters. The summed E-state index contributed by atoms with van der Waals surface area (Å²) in [6.45, 7) is 0.113. The molecule has 0 aliphatic rings. The first kappa shape index (κ1) is 10.1. The first-order chi connectivity index (χ1) is 6.36. The molecule has 0 spiro atoms. The summed E-state index contributed by atoms with van der Waals surface area (Å²) in [5, 5.41) is 8.52. The molecule has 1 rings (SSSR count). The summed E-state index contributed by atoms with van der Waals surface area (Å²) >= 11 is 5.67. The Labute approximate surface area is 83.4 Å². The fourth-order valence-corrected chi connectivity index (χ4v) is 1.12. The van der Waals surface area contributed by atoms with Crippen LogP contribution in [0.15, 0.2) is 24.3 Å². The van der Waals surface area contributed by atoms with Crippen molar-refractivity contribution < 1.29 is 5.11 Å². The molecule has 68 valence electrons. The summed E-state index contributed by atoms with van der Waals surface area (Å²) in [5.74, 6) is 6.32. The first-order valence-electron chi connectivity index (χ1n) is 4.11. The fraction of sp³-hybridized carbons (Fsp3) is 0.273. The molecule has 1 aromatic rings.